The van der Waals surface area contributed by atoms with Crippen molar-refractivity contribution >= 4 is 22.8 Å². The lowest BCUT2D eigenvalue weighted by Gasteiger charge is -2.09. The zero-order chi connectivity index (χ0) is 20.3. The quantitative estimate of drug-likeness (QED) is 0.662. The molecule has 1 aromatic heterocycles. The molecule has 0 saturated carbocycles. The van der Waals surface area contributed by atoms with Crippen molar-refractivity contribution < 1.29 is 23.5 Å². The first-order valence-corrected chi connectivity index (χ1v) is 8.75. The maximum absolute atomic E-state index is 12.4. The molecule has 0 saturated heterocycles. The van der Waals surface area contributed by atoms with Gasteiger partial charge in [-0.3, -0.25) is 20.4 Å². The van der Waals surface area contributed by atoms with Crippen molar-refractivity contribution in [3.05, 3.63) is 58.8 Å². The van der Waals surface area contributed by atoms with Gasteiger partial charge in [0, 0.05) is 10.9 Å². The van der Waals surface area contributed by atoms with Gasteiger partial charge in [-0.2, -0.15) is 0 Å². The Morgan fingerprint density at radius 1 is 0.964 bits per heavy atom. The molecule has 2 N–H and O–H groups in total. The Bertz CT molecular complexity index is 1020. The highest BCUT2D eigenvalue weighted by atomic mass is 16.5. The average molecular weight is 382 g/mol. The van der Waals surface area contributed by atoms with Crippen LogP contribution in [0.4, 0.5) is 0 Å². The van der Waals surface area contributed by atoms with Gasteiger partial charge in [0.25, 0.3) is 5.91 Å². The number of hydrogen-bond acceptors (Lipinski definition) is 5. The molecule has 0 aliphatic heterocycles. The highest BCUT2D eigenvalue weighted by Crippen LogP contribution is 2.28. The molecule has 0 radical (unpaired) electrons. The lowest BCUT2D eigenvalue weighted by Crippen LogP contribution is -2.43. The molecule has 7 heteroatoms. The minimum absolute atomic E-state index is 0.124. The van der Waals surface area contributed by atoms with Crippen LogP contribution in [-0.2, 0) is 4.79 Å². The molecule has 7 nitrogen and oxygen atoms in total. The van der Waals surface area contributed by atoms with Crippen molar-refractivity contribution in [2.45, 2.75) is 20.8 Å². The number of hydrazine groups is 1. The van der Waals surface area contributed by atoms with Crippen molar-refractivity contribution in [1.29, 1.82) is 0 Å². The molecule has 0 aliphatic carbocycles. The smallest absolute Gasteiger partial charge is 0.305 e. The number of nitrogens with one attached hydrogen (secondary N) is 2. The fraction of sp³-hybridized carbons (Fsp3) is 0.238. The number of carbonyl (C=O) groups is 2. The predicted octanol–water partition coefficient (Wildman–Crippen LogP) is 3.21. The molecule has 28 heavy (non-hydrogen) atoms. The summed E-state index contributed by atoms with van der Waals surface area (Å²) in [7, 11) is 1.57. The van der Waals surface area contributed by atoms with Crippen molar-refractivity contribution in [3.8, 4) is 11.5 Å². The molecular formula is C21H22N2O5. The number of rotatable bonds is 5. The fourth-order valence-electron chi connectivity index (χ4n) is 2.93. The van der Waals surface area contributed by atoms with Crippen LogP contribution in [0.3, 0.4) is 0 Å². The molecule has 0 bridgehead atoms. The Hall–Kier alpha value is -3.48. The maximum atomic E-state index is 12.4. The van der Waals surface area contributed by atoms with Crippen LogP contribution < -0.4 is 20.3 Å². The maximum Gasteiger partial charge on any atom is 0.305 e. The number of methoxy groups -OCH3 is 1. The molecule has 0 aliphatic rings. The molecule has 3 aromatic rings. The van der Waals surface area contributed by atoms with Gasteiger partial charge in [0.15, 0.2) is 12.4 Å². The van der Waals surface area contributed by atoms with Crippen LogP contribution in [0.5, 0.6) is 11.5 Å². The van der Waals surface area contributed by atoms with Gasteiger partial charge in [0.05, 0.1) is 7.11 Å². The third-order valence-electron chi connectivity index (χ3n) is 4.23. The number of hydrogen-bond donors (Lipinski definition) is 2. The van der Waals surface area contributed by atoms with Crippen molar-refractivity contribution in [3.63, 3.8) is 0 Å². The Morgan fingerprint density at radius 3 is 2.36 bits per heavy atom. The van der Waals surface area contributed by atoms with Gasteiger partial charge in [0.2, 0.25) is 0 Å². The highest BCUT2D eigenvalue weighted by Gasteiger charge is 2.18. The summed E-state index contributed by atoms with van der Waals surface area (Å²) in [6.45, 7) is 5.45. The van der Waals surface area contributed by atoms with Crippen LogP contribution >= 0.6 is 0 Å². The summed E-state index contributed by atoms with van der Waals surface area (Å²) in [5.74, 6) is 0.357. The van der Waals surface area contributed by atoms with Crippen molar-refractivity contribution in [1.82, 2.24) is 10.9 Å². The number of fused-ring (bicyclic) bond motifs is 1. The first kappa shape index (κ1) is 19.3. The van der Waals surface area contributed by atoms with Gasteiger partial charge >= 0.3 is 5.91 Å². The number of benzene rings is 2. The first-order valence-electron chi connectivity index (χ1n) is 8.75. The second kappa shape index (κ2) is 8.04. The standard InChI is InChI=1S/C21H22N2O5/c1-12-7-13(2)9-16(8-12)27-11-19(24)22-23-21(25)20-14(3)17-10-15(26-4)5-6-18(17)28-20/h5-10H,11H2,1-4H3,(H,22,24)(H,23,25). The second-order valence-electron chi connectivity index (χ2n) is 6.53. The molecule has 146 valence electrons. The van der Waals surface area contributed by atoms with E-state index in [4.69, 9.17) is 13.9 Å². The van der Waals surface area contributed by atoms with E-state index >= 15 is 0 Å². The third kappa shape index (κ3) is 4.25. The van der Waals surface area contributed by atoms with Gasteiger partial charge in [-0.25, -0.2) is 0 Å². The van der Waals surface area contributed by atoms with E-state index in [-0.39, 0.29) is 12.4 Å². The lowest BCUT2D eigenvalue weighted by atomic mass is 10.1. The largest absolute Gasteiger partial charge is 0.497 e. The summed E-state index contributed by atoms with van der Waals surface area (Å²) in [6.07, 6.45) is 0. The monoisotopic (exact) mass is 382 g/mol. The van der Waals surface area contributed by atoms with Crippen molar-refractivity contribution in [2.75, 3.05) is 13.7 Å². The molecule has 2 amide bonds. The van der Waals surface area contributed by atoms with Gasteiger partial charge < -0.3 is 13.9 Å². The Balaban J connectivity index is 1.59. The van der Waals surface area contributed by atoms with Gasteiger partial charge in [-0.15, -0.1) is 0 Å². The van der Waals surface area contributed by atoms with E-state index in [1.807, 2.05) is 32.0 Å². The average Bonchev–Trinajstić information content (AvgIpc) is 2.99. The number of amides is 2. The zero-order valence-corrected chi connectivity index (χ0v) is 16.2. The summed E-state index contributed by atoms with van der Waals surface area (Å²) >= 11 is 0. The minimum atomic E-state index is -0.549. The van der Waals surface area contributed by atoms with Crippen LogP contribution in [0.25, 0.3) is 11.0 Å². The van der Waals surface area contributed by atoms with Gasteiger partial charge in [0.1, 0.15) is 17.1 Å². The summed E-state index contributed by atoms with van der Waals surface area (Å²) in [6, 6.07) is 11.0. The summed E-state index contributed by atoms with van der Waals surface area (Å²) in [4.78, 5) is 24.3. The molecule has 0 spiro atoms. The number of furan rings is 1. The molecule has 0 unspecified atom stereocenters. The van der Waals surface area contributed by atoms with E-state index in [1.165, 1.54) is 0 Å². The van der Waals surface area contributed by atoms with Crippen LogP contribution in [0.15, 0.2) is 40.8 Å². The van der Waals surface area contributed by atoms with E-state index in [0.717, 1.165) is 16.5 Å². The number of ether oxygens (including phenoxy) is 2. The van der Waals surface area contributed by atoms with E-state index in [0.29, 0.717) is 22.6 Å². The summed E-state index contributed by atoms with van der Waals surface area (Å²) < 4.78 is 16.3. The Kier molecular flexibility index (Phi) is 5.54. The minimum Gasteiger partial charge on any atom is -0.497 e. The van der Waals surface area contributed by atoms with Crippen LogP contribution in [0, 0.1) is 20.8 Å². The van der Waals surface area contributed by atoms with Gasteiger partial charge in [-0.05, 0) is 62.2 Å². The van der Waals surface area contributed by atoms with Crippen LogP contribution in [0.1, 0.15) is 27.2 Å². The molecular weight excluding hydrogens is 360 g/mol. The topological polar surface area (TPSA) is 89.8 Å². The van der Waals surface area contributed by atoms with Crippen molar-refractivity contribution in [2.24, 2.45) is 0 Å². The van der Waals surface area contributed by atoms with E-state index in [2.05, 4.69) is 10.9 Å². The number of aryl methyl sites for hydroxylation is 3. The third-order valence-corrected chi connectivity index (χ3v) is 4.23. The number of carbonyl (C=O) groups excluding carboxylic acids is 2. The molecule has 2 aromatic carbocycles. The second-order valence-corrected chi connectivity index (χ2v) is 6.53. The predicted molar refractivity (Wildman–Crippen MR) is 105 cm³/mol. The Labute approximate surface area is 162 Å². The normalized spacial score (nSPS) is 10.6. The zero-order valence-electron chi connectivity index (χ0n) is 16.2. The first-order chi connectivity index (χ1) is 13.4. The highest BCUT2D eigenvalue weighted by molar-refractivity contribution is 5.99. The molecule has 1 heterocycles. The van der Waals surface area contributed by atoms with Gasteiger partial charge in [-0.1, -0.05) is 6.07 Å². The fourth-order valence-corrected chi connectivity index (χ4v) is 2.93. The molecule has 3 rings (SSSR count). The van der Waals surface area contributed by atoms with E-state index < -0.39 is 11.8 Å². The molecule has 0 fully saturated rings. The molecule has 0 atom stereocenters. The van der Waals surface area contributed by atoms with Crippen LogP contribution in [0.2, 0.25) is 0 Å². The van der Waals surface area contributed by atoms with E-state index in [1.54, 1.807) is 32.2 Å². The Morgan fingerprint density at radius 2 is 1.68 bits per heavy atom. The van der Waals surface area contributed by atoms with Crippen LogP contribution in [-0.4, -0.2) is 25.5 Å². The summed E-state index contributed by atoms with van der Waals surface area (Å²) in [5, 5.41) is 0.772. The van der Waals surface area contributed by atoms with E-state index in [9.17, 15) is 9.59 Å². The SMILES string of the molecule is COc1ccc2oc(C(=O)NNC(=O)COc3cc(C)cc(C)c3)c(C)c2c1. The lowest BCUT2D eigenvalue weighted by molar-refractivity contribution is -0.123. The summed E-state index contributed by atoms with van der Waals surface area (Å²) in [5.41, 5.74) is 7.98.